The van der Waals surface area contributed by atoms with E-state index in [1.807, 2.05) is 0 Å². The van der Waals surface area contributed by atoms with Gasteiger partial charge in [0.1, 0.15) is 5.75 Å². The van der Waals surface area contributed by atoms with Crippen molar-refractivity contribution in [2.75, 3.05) is 13.7 Å². The highest BCUT2D eigenvalue weighted by Crippen LogP contribution is 2.38. The minimum absolute atomic E-state index is 0.468. The molecule has 0 amide bonds. The molecule has 1 saturated carbocycles. The molecule has 1 aromatic carbocycles. The molecule has 1 atom stereocenters. The number of benzene rings is 1. The van der Waals surface area contributed by atoms with Gasteiger partial charge in [-0.25, -0.2) is 0 Å². The van der Waals surface area contributed by atoms with E-state index in [4.69, 9.17) is 4.74 Å². The van der Waals surface area contributed by atoms with E-state index in [-0.39, 0.29) is 0 Å². The van der Waals surface area contributed by atoms with Crippen molar-refractivity contribution in [3.8, 4) is 5.75 Å². The van der Waals surface area contributed by atoms with Crippen LogP contribution in [0.1, 0.15) is 57.1 Å². The van der Waals surface area contributed by atoms with Crippen molar-refractivity contribution in [3.05, 3.63) is 28.2 Å². The summed E-state index contributed by atoms with van der Waals surface area (Å²) in [6.45, 7) is 3.31. The van der Waals surface area contributed by atoms with E-state index < -0.39 is 0 Å². The van der Waals surface area contributed by atoms with E-state index >= 15 is 0 Å². The van der Waals surface area contributed by atoms with Crippen molar-refractivity contribution in [2.45, 2.75) is 51.5 Å². The van der Waals surface area contributed by atoms with Crippen molar-refractivity contribution >= 4 is 15.9 Å². The van der Waals surface area contributed by atoms with Gasteiger partial charge in [-0.2, -0.15) is 0 Å². The normalized spacial score (nSPS) is 17.9. The zero-order valence-corrected chi connectivity index (χ0v) is 14.2. The van der Waals surface area contributed by atoms with E-state index in [1.54, 1.807) is 7.11 Å². The lowest BCUT2D eigenvalue weighted by Gasteiger charge is -2.32. The second kappa shape index (κ2) is 8.04. The van der Waals surface area contributed by atoms with E-state index in [0.29, 0.717) is 6.04 Å². The van der Waals surface area contributed by atoms with Crippen molar-refractivity contribution in [3.63, 3.8) is 0 Å². The maximum Gasteiger partial charge on any atom is 0.120 e. The number of methoxy groups -OCH3 is 1. The van der Waals surface area contributed by atoms with Crippen LogP contribution in [0.4, 0.5) is 0 Å². The summed E-state index contributed by atoms with van der Waals surface area (Å²) in [6, 6.07) is 6.84. The molecule has 1 aliphatic carbocycles. The van der Waals surface area contributed by atoms with Gasteiger partial charge in [-0.15, -0.1) is 0 Å². The zero-order chi connectivity index (χ0) is 14.4. The van der Waals surface area contributed by atoms with E-state index in [0.717, 1.165) is 22.7 Å². The molecule has 20 heavy (non-hydrogen) atoms. The van der Waals surface area contributed by atoms with Gasteiger partial charge in [0.05, 0.1) is 7.11 Å². The summed E-state index contributed by atoms with van der Waals surface area (Å²) in [5.41, 5.74) is 1.38. The average molecular weight is 340 g/mol. The molecule has 1 aromatic rings. The minimum atomic E-state index is 0.468. The van der Waals surface area contributed by atoms with Crippen LogP contribution in [-0.2, 0) is 0 Å². The predicted molar refractivity (Wildman–Crippen MR) is 88.3 cm³/mol. The first-order valence-corrected chi connectivity index (χ1v) is 8.62. The van der Waals surface area contributed by atoms with Crippen molar-refractivity contribution < 1.29 is 4.74 Å². The molecular formula is C17H26BrNO. The lowest BCUT2D eigenvalue weighted by Crippen LogP contribution is -2.30. The third-order valence-electron chi connectivity index (χ3n) is 4.28. The molecule has 0 aliphatic heterocycles. The summed E-state index contributed by atoms with van der Waals surface area (Å²) in [6.07, 6.45) is 8.03. The molecule has 0 aromatic heterocycles. The van der Waals surface area contributed by atoms with Gasteiger partial charge in [-0.05, 0) is 49.4 Å². The van der Waals surface area contributed by atoms with Gasteiger partial charge in [0, 0.05) is 10.5 Å². The largest absolute Gasteiger partial charge is 0.497 e. The first-order valence-electron chi connectivity index (χ1n) is 7.83. The first-order chi connectivity index (χ1) is 9.76. The van der Waals surface area contributed by atoms with Gasteiger partial charge in [-0.3, -0.25) is 0 Å². The topological polar surface area (TPSA) is 21.3 Å². The molecule has 1 fully saturated rings. The molecule has 3 heteroatoms. The minimum Gasteiger partial charge on any atom is -0.497 e. The Morgan fingerprint density at radius 1 is 1.30 bits per heavy atom. The third kappa shape index (κ3) is 3.98. The van der Waals surface area contributed by atoms with Crippen LogP contribution in [0.2, 0.25) is 0 Å². The summed E-state index contributed by atoms with van der Waals surface area (Å²) in [5.74, 6) is 1.68. The number of rotatable bonds is 6. The molecule has 2 nitrogen and oxygen atoms in total. The number of hydrogen-bond acceptors (Lipinski definition) is 2. The number of nitrogens with one attached hydrogen (secondary N) is 1. The van der Waals surface area contributed by atoms with Crippen LogP contribution in [0, 0.1) is 5.92 Å². The Hall–Kier alpha value is -0.540. The highest BCUT2D eigenvalue weighted by molar-refractivity contribution is 9.10. The van der Waals surface area contributed by atoms with Gasteiger partial charge >= 0.3 is 0 Å². The maximum atomic E-state index is 5.31. The standard InChI is InChI=1S/C17H26BrNO/c1-3-11-19-17(13-7-5-4-6-8-13)15-10-9-14(20-2)12-16(15)18/h9-10,12-13,17,19H,3-8,11H2,1-2H3. The van der Waals surface area contributed by atoms with E-state index in [2.05, 4.69) is 46.4 Å². The highest BCUT2D eigenvalue weighted by atomic mass is 79.9. The van der Waals surface area contributed by atoms with Crippen molar-refractivity contribution in [1.82, 2.24) is 5.32 Å². The van der Waals surface area contributed by atoms with Crippen LogP contribution in [-0.4, -0.2) is 13.7 Å². The second-order valence-corrected chi connectivity index (χ2v) is 6.57. The number of halogens is 1. The summed E-state index contributed by atoms with van der Waals surface area (Å²) >= 11 is 3.73. The summed E-state index contributed by atoms with van der Waals surface area (Å²) in [5, 5.41) is 3.76. The molecule has 0 spiro atoms. The SMILES string of the molecule is CCCNC(c1ccc(OC)cc1Br)C1CCCCC1. The highest BCUT2D eigenvalue weighted by Gasteiger charge is 2.26. The molecule has 1 unspecified atom stereocenters. The second-order valence-electron chi connectivity index (χ2n) is 5.72. The molecule has 1 N–H and O–H groups in total. The van der Waals surface area contributed by atoms with Crippen molar-refractivity contribution in [1.29, 1.82) is 0 Å². The Bertz CT molecular complexity index is 415. The number of hydrogen-bond donors (Lipinski definition) is 1. The lowest BCUT2D eigenvalue weighted by molar-refractivity contribution is 0.271. The van der Waals surface area contributed by atoms with Crippen LogP contribution in [0.5, 0.6) is 5.75 Å². The summed E-state index contributed by atoms with van der Waals surface area (Å²) in [4.78, 5) is 0. The van der Waals surface area contributed by atoms with E-state index in [1.165, 1.54) is 44.1 Å². The average Bonchev–Trinajstić information content (AvgIpc) is 2.50. The summed E-state index contributed by atoms with van der Waals surface area (Å²) in [7, 11) is 1.72. The number of ether oxygens (including phenoxy) is 1. The van der Waals surface area contributed by atoms with Crippen LogP contribution in [0.25, 0.3) is 0 Å². The van der Waals surface area contributed by atoms with Crippen LogP contribution in [0.15, 0.2) is 22.7 Å². The van der Waals surface area contributed by atoms with Gasteiger partial charge in [0.2, 0.25) is 0 Å². The Morgan fingerprint density at radius 2 is 2.05 bits per heavy atom. The summed E-state index contributed by atoms with van der Waals surface area (Å²) < 4.78 is 6.47. The Kier molecular flexibility index (Phi) is 6.37. The van der Waals surface area contributed by atoms with Gasteiger partial charge in [-0.1, -0.05) is 48.2 Å². The Labute approximate surface area is 131 Å². The Balaban J connectivity index is 2.20. The smallest absolute Gasteiger partial charge is 0.120 e. The first kappa shape index (κ1) is 15.8. The van der Waals surface area contributed by atoms with Gasteiger partial charge < -0.3 is 10.1 Å². The molecule has 1 aliphatic rings. The zero-order valence-electron chi connectivity index (χ0n) is 12.6. The molecule has 2 rings (SSSR count). The molecule has 0 heterocycles. The van der Waals surface area contributed by atoms with E-state index in [9.17, 15) is 0 Å². The molecule has 0 saturated heterocycles. The molecule has 0 radical (unpaired) electrons. The fraction of sp³-hybridized carbons (Fsp3) is 0.647. The molecular weight excluding hydrogens is 314 g/mol. The van der Waals surface area contributed by atoms with Gasteiger partial charge in [0.25, 0.3) is 0 Å². The molecule has 112 valence electrons. The predicted octanol–water partition coefficient (Wildman–Crippen LogP) is 5.08. The van der Waals surface area contributed by atoms with Crippen molar-refractivity contribution in [2.24, 2.45) is 5.92 Å². The Morgan fingerprint density at radius 3 is 2.65 bits per heavy atom. The van der Waals surface area contributed by atoms with Crippen LogP contribution >= 0.6 is 15.9 Å². The van der Waals surface area contributed by atoms with Gasteiger partial charge in [0.15, 0.2) is 0 Å². The third-order valence-corrected chi connectivity index (χ3v) is 4.96. The quantitative estimate of drug-likeness (QED) is 0.780. The maximum absolute atomic E-state index is 5.31. The van der Waals surface area contributed by atoms with Crippen LogP contribution < -0.4 is 10.1 Å². The lowest BCUT2D eigenvalue weighted by atomic mass is 9.81. The monoisotopic (exact) mass is 339 g/mol. The fourth-order valence-corrected chi connectivity index (χ4v) is 3.79. The fourth-order valence-electron chi connectivity index (χ4n) is 3.18. The molecule has 0 bridgehead atoms. The van der Waals surface area contributed by atoms with Crippen LogP contribution in [0.3, 0.4) is 0 Å².